The second-order valence-electron chi connectivity index (χ2n) is 5.03. The monoisotopic (exact) mass is 374 g/mol. The quantitative estimate of drug-likeness (QED) is 0.656. The van der Waals surface area contributed by atoms with Gasteiger partial charge in [-0.15, -0.1) is 0 Å². The molecule has 2 N–H and O–H groups in total. The van der Waals surface area contributed by atoms with E-state index < -0.39 is 0 Å². The van der Waals surface area contributed by atoms with E-state index in [4.69, 9.17) is 33.1 Å². The lowest BCUT2D eigenvalue weighted by Crippen LogP contribution is -2.28. The van der Waals surface area contributed by atoms with Gasteiger partial charge in [0.05, 0.1) is 18.7 Å². The SMILES string of the molecule is COc1ccc(NC(=S)NCc2nc(-c3ccccc3)no2)cc1Cl. The van der Waals surface area contributed by atoms with Gasteiger partial charge in [-0.2, -0.15) is 4.98 Å². The van der Waals surface area contributed by atoms with Crippen LogP contribution in [0.3, 0.4) is 0 Å². The Morgan fingerprint density at radius 3 is 2.76 bits per heavy atom. The van der Waals surface area contributed by atoms with Crippen LogP contribution >= 0.6 is 23.8 Å². The van der Waals surface area contributed by atoms with Crippen LogP contribution in [0.4, 0.5) is 5.69 Å². The molecule has 0 saturated heterocycles. The van der Waals surface area contributed by atoms with Crippen molar-refractivity contribution in [3.63, 3.8) is 0 Å². The van der Waals surface area contributed by atoms with E-state index in [9.17, 15) is 0 Å². The van der Waals surface area contributed by atoms with Crippen molar-refractivity contribution in [2.24, 2.45) is 0 Å². The molecule has 0 atom stereocenters. The van der Waals surface area contributed by atoms with Gasteiger partial charge in [0.15, 0.2) is 5.11 Å². The molecule has 1 aromatic heterocycles. The van der Waals surface area contributed by atoms with Crippen molar-refractivity contribution < 1.29 is 9.26 Å². The van der Waals surface area contributed by atoms with Gasteiger partial charge in [0.2, 0.25) is 11.7 Å². The van der Waals surface area contributed by atoms with Gasteiger partial charge >= 0.3 is 0 Å². The lowest BCUT2D eigenvalue weighted by atomic mass is 10.2. The van der Waals surface area contributed by atoms with E-state index in [-0.39, 0.29) is 0 Å². The average molecular weight is 375 g/mol. The third-order valence-corrected chi connectivity index (χ3v) is 3.85. The van der Waals surface area contributed by atoms with Gasteiger partial charge < -0.3 is 19.9 Å². The van der Waals surface area contributed by atoms with Crippen molar-refractivity contribution in [1.82, 2.24) is 15.5 Å². The molecule has 0 bridgehead atoms. The van der Waals surface area contributed by atoms with Crippen molar-refractivity contribution in [3.05, 3.63) is 59.4 Å². The molecule has 0 amide bonds. The summed E-state index contributed by atoms with van der Waals surface area (Å²) in [4.78, 5) is 4.33. The van der Waals surface area contributed by atoms with Crippen LogP contribution in [0.1, 0.15) is 5.89 Å². The maximum Gasteiger partial charge on any atom is 0.246 e. The zero-order valence-corrected chi connectivity index (χ0v) is 14.9. The highest BCUT2D eigenvalue weighted by Crippen LogP contribution is 2.27. The van der Waals surface area contributed by atoms with Crippen molar-refractivity contribution in [2.45, 2.75) is 6.54 Å². The number of halogens is 1. The van der Waals surface area contributed by atoms with E-state index in [1.54, 1.807) is 19.2 Å². The maximum absolute atomic E-state index is 6.08. The van der Waals surface area contributed by atoms with Gasteiger partial charge in [-0.3, -0.25) is 0 Å². The molecule has 6 nitrogen and oxygen atoms in total. The molecule has 2 aromatic carbocycles. The van der Waals surface area contributed by atoms with E-state index in [0.29, 0.717) is 34.1 Å². The molecule has 0 spiro atoms. The number of aromatic nitrogens is 2. The van der Waals surface area contributed by atoms with Crippen molar-refractivity contribution in [1.29, 1.82) is 0 Å². The molecule has 0 radical (unpaired) electrons. The largest absolute Gasteiger partial charge is 0.495 e. The van der Waals surface area contributed by atoms with Crippen molar-refractivity contribution in [2.75, 3.05) is 12.4 Å². The number of methoxy groups -OCH3 is 1. The van der Waals surface area contributed by atoms with Crippen LogP contribution in [-0.2, 0) is 6.54 Å². The van der Waals surface area contributed by atoms with Crippen LogP contribution in [0.15, 0.2) is 53.1 Å². The first kappa shape index (κ1) is 17.2. The Morgan fingerprint density at radius 1 is 1.24 bits per heavy atom. The Hall–Kier alpha value is -2.64. The van der Waals surface area contributed by atoms with Gasteiger partial charge in [0.25, 0.3) is 0 Å². The summed E-state index contributed by atoms with van der Waals surface area (Å²) >= 11 is 11.3. The standard InChI is InChI=1S/C17H15ClN4O2S/c1-23-14-8-7-12(9-13(14)18)20-17(25)19-10-15-21-16(22-24-15)11-5-3-2-4-6-11/h2-9H,10H2,1H3,(H2,19,20,25). The fraction of sp³-hybridized carbons (Fsp3) is 0.118. The average Bonchev–Trinajstić information content (AvgIpc) is 3.10. The Labute approximate surface area is 155 Å². The van der Waals surface area contributed by atoms with Crippen molar-refractivity contribution in [3.8, 4) is 17.1 Å². The van der Waals surface area contributed by atoms with Crippen LogP contribution in [-0.4, -0.2) is 22.4 Å². The number of hydrogen-bond acceptors (Lipinski definition) is 5. The molecule has 0 saturated carbocycles. The first-order valence-electron chi connectivity index (χ1n) is 7.42. The third kappa shape index (κ3) is 4.46. The number of thiocarbonyl (C=S) groups is 1. The molecular weight excluding hydrogens is 360 g/mol. The highest BCUT2D eigenvalue weighted by atomic mass is 35.5. The zero-order chi connectivity index (χ0) is 17.6. The Balaban J connectivity index is 1.56. The van der Waals surface area contributed by atoms with Gasteiger partial charge in [-0.05, 0) is 30.4 Å². The van der Waals surface area contributed by atoms with E-state index in [0.717, 1.165) is 11.3 Å². The van der Waals surface area contributed by atoms with Gasteiger partial charge in [-0.25, -0.2) is 0 Å². The number of ether oxygens (including phenoxy) is 1. The van der Waals surface area contributed by atoms with E-state index >= 15 is 0 Å². The summed E-state index contributed by atoms with van der Waals surface area (Å²) in [5.41, 5.74) is 1.64. The molecule has 3 aromatic rings. The molecule has 0 fully saturated rings. The van der Waals surface area contributed by atoms with Crippen molar-refractivity contribution >= 4 is 34.6 Å². The normalized spacial score (nSPS) is 10.3. The van der Waals surface area contributed by atoms with Crippen LogP contribution in [0, 0.1) is 0 Å². The maximum atomic E-state index is 6.08. The van der Waals surface area contributed by atoms with Crippen LogP contribution in [0.25, 0.3) is 11.4 Å². The predicted octanol–water partition coefficient (Wildman–Crippen LogP) is 3.89. The zero-order valence-electron chi connectivity index (χ0n) is 13.3. The van der Waals surface area contributed by atoms with Gasteiger partial charge in [0, 0.05) is 11.3 Å². The minimum absolute atomic E-state index is 0.315. The topological polar surface area (TPSA) is 72.2 Å². The second-order valence-corrected chi connectivity index (χ2v) is 5.85. The lowest BCUT2D eigenvalue weighted by Gasteiger charge is -2.10. The van der Waals surface area contributed by atoms with Crippen LogP contribution < -0.4 is 15.4 Å². The number of rotatable bonds is 5. The van der Waals surface area contributed by atoms with Gasteiger partial charge in [-0.1, -0.05) is 47.1 Å². The van der Waals surface area contributed by atoms with E-state index in [1.807, 2.05) is 36.4 Å². The summed E-state index contributed by atoms with van der Waals surface area (Å²) < 4.78 is 10.3. The summed E-state index contributed by atoms with van der Waals surface area (Å²) in [6.45, 7) is 0.315. The summed E-state index contributed by atoms with van der Waals surface area (Å²) in [6, 6.07) is 14.9. The Morgan fingerprint density at radius 2 is 2.04 bits per heavy atom. The number of nitrogens with zero attached hydrogens (tertiary/aromatic N) is 2. The van der Waals surface area contributed by atoms with Crippen LogP contribution in [0.5, 0.6) is 5.75 Å². The fourth-order valence-corrected chi connectivity index (χ4v) is 2.55. The molecule has 25 heavy (non-hydrogen) atoms. The highest BCUT2D eigenvalue weighted by molar-refractivity contribution is 7.80. The molecule has 128 valence electrons. The fourth-order valence-electron chi connectivity index (χ4n) is 2.11. The smallest absolute Gasteiger partial charge is 0.246 e. The predicted molar refractivity (Wildman–Crippen MR) is 101 cm³/mol. The van der Waals surface area contributed by atoms with E-state index in [1.165, 1.54) is 0 Å². The summed E-state index contributed by atoms with van der Waals surface area (Å²) in [5, 5.41) is 10.9. The van der Waals surface area contributed by atoms with Gasteiger partial charge in [0.1, 0.15) is 5.75 Å². The molecule has 0 aliphatic carbocycles. The highest BCUT2D eigenvalue weighted by Gasteiger charge is 2.09. The minimum Gasteiger partial charge on any atom is -0.495 e. The first-order chi connectivity index (χ1) is 12.2. The lowest BCUT2D eigenvalue weighted by molar-refractivity contribution is 0.376. The number of anilines is 1. The molecular formula is C17H15ClN4O2S. The number of hydrogen-bond donors (Lipinski definition) is 2. The van der Waals surface area contributed by atoms with E-state index in [2.05, 4.69) is 20.8 Å². The third-order valence-electron chi connectivity index (χ3n) is 3.31. The molecule has 0 aliphatic rings. The molecule has 1 heterocycles. The Kier molecular flexibility index (Phi) is 5.47. The molecule has 0 aliphatic heterocycles. The second kappa shape index (κ2) is 7.96. The van der Waals surface area contributed by atoms with Crippen LogP contribution in [0.2, 0.25) is 5.02 Å². The summed E-state index contributed by atoms with van der Waals surface area (Å²) in [5.74, 6) is 1.58. The Bertz CT molecular complexity index is 870. The molecule has 8 heteroatoms. The molecule has 3 rings (SSSR count). The minimum atomic E-state index is 0.315. The number of nitrogens with one attached hydrogen (secondary N) is 2. The summed E-state index contributed by atoms with van der Waals surface area (Å²) in [7, 11) is 1.56. The first-order valence-corrected chi connectivity index (χ1v) is 8.21. The summed E-state index contributed by atoms with van der Waals surface area (Å²) in [6.07, 6.45) is 0. The number of benzene rings is 2. The molecule has 0 unspecified atom stereocenters.